The highest BCUT2D eigenvalue weighted by molar-refractivity contribution is 7.16. The lowest BCUT2D eigenvalue weighted by Crippen LogP contribution is -2.13. The summed E-state index contributed by atoms with van der Waals surface area (Å²) in [7, 11) is 0. The third kappa shape index (κ3) is 1.91. The lowest BCUT2D eigenvalue weighted by atomic mass is 9.85. The van der Waals surface area contributed by atoms with Crippen LogP contribution in [0.1, 0.15) is 41.7 Å². The number of rotatable bonds is 3. The molecule has 0 aromatic carbocycles. The Balaban J connectivity index is 1.66. The fourth-order valence-electron chi connectivity index (χ4n) is 2.22. The van der Waals surface area contributed by atoms with Gasteiger partial charge in [0.25, 0.3) is 0 Å². The Kier molecular flexibility index (Phi) is 2.52. The molecular weight excluding hydrogens is 280 g/mol. The number of nitrogens with zero attached hydrogens (tertiary/aromatic N) is 5. The molecule has 98 valence electrons. The van der Waals surface area contributed by atoms with E-state index in [0.717, 1.165) is 21.5 Å². The van der Waals surface area contributed by atoms with E-state index in [-0.39, 0.29) is 0 Å². The second kappa shape index (κ2) is 4.24. The van der Waals surface area contributed by atoms with Crippen LogP contribution in [0.4, 0.5) is 5.13 Å². The molecule has 19 heavy (non-hydrogen) atoms. The summed E-state index contributed by atoms with van der Waals surface area (Å²) in [5.74, 6) is 1.56. The SMILES string of the molecule is Nc1nc(Cc2nn3c(C4CCC4)nnc3s2)cs1. The Morgan fingerprint density at radius 1 is 1.37 bits per heavy atom. The third-order valence-corrected chi connectivity index (χ3v) is 5.05. The molecule has 8 heteroatoms. The maximum atomic E-state index is 5.64. The van der Waals surface area contributed by atoms with E-state index in [0.29, 0.717) is 17.5 Å². The molecule has 0 bridgehead atoms. The fraction of sp³-hybridized carbons (Fsp3) is 0.455. The number of fused-ring (bicyclic) bond motifs is 1. The van der Waals surface area contributed by atoms with Crippen molar-refractivity contribution < 1.29 is 0 Å². The molecule has 4 rings (SSSR count). The van der Waals surface area contributed by atoms with Crippen LogP contribution < -0.4 is 5.73 Å². The van der Waals surface area contributed by atoms with Gasteiger partial charge in [-0.2, -0.15) is 9.61 Å². The maximum Gasteiger partial charge on any atom is 0.234 e. The van der Waals surface area contributed by atoms with Crippen LogP contribution in [0, 0.1) is 0 Å². The number of thiazole rings is 1. The zero-order chi connectivity index (χ0) is 12.8. The van der Waals surface area contributed by atoms with Crippen LogP contribution in [-0.4, -0.2) is 24.8 Å². The summed E-state index contributed by atoms with van der Waals surface area (Å²) in [6.45, 7) is 0. The normalized spacial score (nSPS) is 16.0. The van der Waals surface area contributed by atoms with Gasteiger partial charge in [0.1, 0.15) is 5.01 Å². The van der Waals surface area contributed by atoms with Crippen LogP contribution in [-0.2, 0) is 6.42 Å². The van der Waals surface area contributed by atoms with Gasteiger partial charge >= 0.3 is 0 Å². The quantitative estimate of drug-likeness (QED) is 0.799. The molecule has 0 amide bonds. The van der Waals surface area contributed by atoms with Crippen LogP contribution in [0.25, 0.3) is 4.96 Å². The van der Waals surface area contributed by atoms with E-state index in [1.165, 1.54) is 30.6 Å². The summed E-state index contributed by atoms with van der Waals surface area (Å²) in [6, 6.07) is 0. The first-order valence-corrected chi connectivity index (χ1v) is 7.90. The predicted octanol–water partition coefficient (Wildman–Crippen LogP) is 2.08. The summed E-state index contributed by atoms with van der Waals surface area (Å²) in [4.78, 5) is 5.14. The summed E-state index contributed by atoms with van der Waals surface area (Å²) in [5.41, 5.74) is 6.61. The molecular formula is C11H12N6S2. The van der Waals surface area contributed by atoms with E-state index in [4.69, 9.17) is 5.73 Å². The molecule has 1 aliphatic carbocycles. The van der Waals surface area contributed by atoms with Crippen molar-refractivity contribution >= 4 is 32.8 Å². The van der Waals surface area contributed by atoms with Gasteiger partial charge in [0.2, 0.25) is 4.96 Å². The van der Waals surface area contributed by atoms with Gasteiger partial charge in [0.05, 0.1) is 5.69 Å². The standard InChI is InChI=1S/C11H12N6S2/c12-10-13-7(5-18-10)4-8-16-17-9(6-2-1-3-6)14-15-11(17)19-8/h5-6H,1-4H2,(H2,12,13). The van der Waals surface area contributed by atoms with E-state index in [2.05, 4.69) is 20.3 Å². The van der Waals surface area contributed by atoms with E-state index in [1.807, 2.05) is 9.90 Å². The van der Waals surface area contributed by atoms with Gasteiger partial charge in [-0.05, 0) is 12.8 Å². The van der Waals surface area contributed by atoms with Crippen LogP contribution in [0.15, 0.2) is 5.38 Å². The molecule has 3 heterocycles. The lowest BCUT2D eigenvalue weighted by Gasteiger charge is -2.22. The molecule has 0 radical (unpaired) electrons. The predicted molar refractivity (Wildman–Crippen MR) is 74.6 cm³/mol. The van der Waals surface area contributed by atoms with E-state index < -0.39 is 0 Å². The summed E-state index contributed by atoms with van der Waals surface area (Å²) in [5, 5.41) is 16.7. The Morgan fingerprint density at radius 3 is 2.95 bits per heavy atom. The first-order valence-electron chi connectivity index (χ1n) is 6.20. The van der Waals surface area contributed by atoms with E-state index in [1.54, 1.807) is 11.3 Å². The number of nitrogens with two attached hydrogens (primary N) is 1. The Labute approximate surface area is 117 Å². The maximum absolute atomic E-state index is 5.64. The highest BCUT2D eigenvalue weighted by Crippen LogP contribution is 2.35. The molecule has 0 spiro atoms. The average molecular weight is 292 g/mol. The largest absolute Gasteiger partial charge is 0.375 e. The zero-order valence-corrected chi connectivity index (χ0v) is 11.7. The van der Waals surface area contributed by atoms with Gasteiger partial charge in [-0.3, -0.25) is 0 Å². The number of hydrogen-bond donors (Lipinski definition) is 1. The van der Waals surface area contributed by atoms with Crippen LogP contribution in [0.5, 0.6) is 0 Å². The molecule has 3 aromatic heterocycles. The van der Waals surface area contributed by atoms with Crippen molar-refractivity contribution in [3.05, 3.63) is 21.9 Å². The smallest absolute Gasteiger partial charge is 0.234 e. The first kappa shape index (κ1) is 11.3. The van der Waals surface area contributed by atoms with Gasteiger partial charge in [0.15, 0.2) is 11.0 Å². The second-order valence-corrected chi connectivity index (χ2v) is 6.66. The monoisotopic (exact) mass is 292 g/mol. The van der Waals surface area contributed by atoms with Crippen molar-refractivity contribution in [1.29, 1.82) is 0 Å². The molecule has 0 saturated heterocycles. The van der Waals surface area contributed by atoms with Gasteiger partial charge in [-0.15, -0.1) is 21.5 Å². The molecule has 0 aliphatic heterocycles. The van der Waals surface area contributed by atoms with Gasteiger partial charge in [-0.25, -0.2) is 4.98 Å². The van der Waals surface area contributed by atoms with Crippen LogP contribution in [0.3, 0.4) is 0 Å². The molecule has 0 atom stereocenters. The summed E-state index contributed by atoms with van der Waals surface area (Å²) in [6.07, 6.45) is 4.41. The summed E-state index contributed by atoms with van der Waals surface area (Å²) >= 11 is 3.04. The van der Waals surface area contributed by atoms with Crippen LogP contribution in [0.2, 0.25) is 0 Å². The van der Waals surface area contributed by atoms with Crippen LogP contribution >= 0.6 is 22.7 Å². The average Bonchev–Trinajstić information content (AvgIpc) is 2.96. The number of hydrogen-bond acceptors (Lipinski definition) is 7. The van der Waals surface area contributed by atoms with E-state index in [9.17, 15) is 0 Å². The van der Waals surface area contributed by atoms with Crippen molar-refractivity contribution in [2.24, 2.45) is 0 Å². The van der Waals surface area contributed by atoms with Crippen molar-refractivity contribution in [2.75, 3.05) is 5.73 Å². The van der Waals surface area contributed by atoms with E-state index >= 15 is 0 Å². The minimum atomic E-state index is 0.542. The minimum absolute atomic E-state index is 0.542. The third-order valence-electron chi connectivity index (χ3n) is 3.43. The fourth-order valence-corrected chi connectivity index (χ4v) is 3.64. The second-order valence-electron chi connectivity index (χ2n) is 4.73. The first-order chi connectivity index (χ1) is 9.29. The minimum Gasteiger partial charge on any atom is -0.375 e. The number of anilines is 1. The van der Waals surface area contributed by atoms with Gasteiger partial charge in [0, 0.05) is 17.7 Å². The Bertz CT molecular complexity index is 723. The highest BCUT2D eigenvalue weighted by Gasteiger charge is 2.26. The molecule has 1 saturated carbocycles. The number of nitrogen functional groups attached to an aromatic ring is 1. The van der Waals surface area contributed by atoms with Gasteiger partial charge in [-0.1, -0.05) is 17.8 Å². The lowest BCUT2D eigenvalue weighted by molar-refractivity contribution is 0.395. The summed E-state index contributed by atoms with van der Waals surface area (Å²) < 4.78 is 1.90. The zero-order valence-electron chi connectivity index (χ0n) is 10.1. The van der Waals surface area contributed by atoms with Gasteiger partial charge < -0.3 is 5.73 Å². The molecule has 3 aromatic rings. The molecule has 1 fully saturated rings. The molecule has 2 N–H and O–H groups in total. The highest BCUT2D eigenvalue weighted by atomic mass is 32.1. The van der Waals surface area contributed by atoms with Crippen molar-refractivity contribution in [3.8, 4) is 0 Å². The Hall–Kier alpha value is -1.54. The van der Waals surface area contributed by atoms with Crippen molar-refractivity contribution in [3.63, 3.8) is 0 Å². The molecule has 1 aliphatic rings. The Morgan fingerprint density at radius 2 is 2.26 bits per heavy atom. The molecule has 6 nitrogen and oxygen atoms in total. The topological polar surface area (TPSA) is 82.0 Å². The number of aromatic nitrogens is 5. The molecule has 0 unspecified atom stereocenters. The van der Waals surface area contributed by atoms with Crippen molar-refractivity contribution in [2.45, 2.75) is 31.6 Å². The van der Waals surface area contributed by atoms with Crippen molar-refractivity contribution in [1.82, 2.24) is 24.8 Å².